The molecule has 7 nitrogen and oxygen atoms in total. The van der Waals surface area contributed by atoms with Crippen LogP contribution >= 0.6 is 0 Å². The van der Waals surface area contributed by atoms with Crippen LogP contribution in [0, 0.1) is 0 Å². The van der Waals surface area contributed by atoms with Crippen molar-refractivity contribution in [2.45, 2.75) is 38.1 Å². The first kappa shape index (κ1) is 19.0. The summed E-state index contributed by atoms with van der Waals surface area (Å²) in [5, 5.41) is 4.40. The number of amides is 2. The van der Waals surface area contributed by atoms with Gasteiger partial charge >= 0.3 is 12.1 Å². The normalized spacial score (nSPS) is 19.6. The van der Waals surface area contributed by atoms with Gasteiger partial charge in [0.25, 0.3) is 5.91 Å². The Morgan fingerprint density at radius 3 is 2.85 bits per heavy atom. The first-order chi connectivity index (χ1) is 12.7. The summed E-state index contributed by atoms with van der Waals surface area (Å²) in [4.78, 5) is 37.9. The third-order valence-corrected chi connectivity index (χ3v) is 4.47. The van der Waals surface area contributed by atoms with Crippen molar-refractivity contribution in [3.05, 3.63) is 23.8 Å². The average Bonchev–Trinajstić information content (AvgIpc) is 3.09. The van der Waals surface area contributed by atoms with Gasteiger partial charge in [0, 0.05) is 6.54 Å². The van der Waals surface area contributed by atoms with E-state index >= 15 is 0 Å². The third-order valence-electron chi connectivity index (χ3n) is 4.47. The van der Waals surface area contributed by atoms with Crippen LogP contribution in [0.1, 0.15) is 30.1 Å². The second kappa shape index (κ2) is 7.09. The summed E-state index contributed by atoms with van der Waals surface area (Å²) in [6.07, 6.45) is -4.29. The molecule has 10 heteroatoms. The predicted octanol–water partition coefficient (Wildman–Crippen LogP) is 1.83. The monoisotopic (exact) mass is 385 g/mol. The fraction of sp³-hybridized carbons (Fsp3) is 0.471. The Balaban J connectivity index is 1.67. The average molecular weight is 385 g/mol. The molecule has 2 unspecified atom stereocenters. The molecule has 0 bridgehead atoms. The van der Waals surface area contributed by atoms with Crippen molar-refractivity contribution in [1.82, 2.24) is 5.32 Å². The van der Waals surface area contributed by atoms with E-state index < -0.39 is 30.7 Å². The van der Waals surface area contributed by atoms with Gasteiger partial charge in [-0.15, -0.1) is 0 Å². The van der Waals surface area contributed by atoms with Gasteiger partial charge < -0.3 is 20.3 Å². The van der Waals surface area contributed by atoms with Gasteiger partial charge in [0.05, 0.1) is 16.9 Å². The van der Waals surface area contributed by atoms with E-state index in [9.17, 15) is 27.6 Å². The molecule has 1 fully saturated rings. The van der Waals surface area contributed by atoms with Crippen LogP contribution in [0.3, 0.4) is 0 Å². The van der Waals surface area contributed by atoms with E-state index in [2.05, 4.69) is 5.32 Å². The molecule has 2 heterocycles. The summed E-state index contributed by atoms with van der Waals surface area (Å²) >= 11 is 0. The molecule has 2 aliphatic rings. The van der Waals surface area contributed by atoms with Gasteiger partial charge in [0.1, 0.15) is 12.6 Å². The van der Waals surface area contributed by atoms with Crippen molar-refractivity contribution in [1.29, 1.82) is 0 Å². The van der Waals surface area contributed by atoms with Crippen LogP contribution in [0.15, 0.2) is 18.2 Å². The molecule has 27 heavy (non-hydrogen) atoms. The highest BCUT2D eigenvalue weighted by atomic mass is 19.4. The summed E-state index contributed by atoms with van der Waals surface area (Å²) in [6, 6.07) is 4.39. The molecule has 2 aliphatic heterocycles. The maximum absolute atomic E-state index is 12.2. The SMILES string of the molecule is CC(OC(=O)c1ccc2c(c1)NC(=O)C1CCCN21)C(=O)NCC(F)(F)F. The number of nitrogens with one attached hydrogen (secondary N) is 2. The van der Waals surface area contributed by atoms with E-state index in [0.29, 0.717) is 5.69 Å². The highest BCUT2D eigenvalue weighted by Crippen LogP contribution is 2.37. The smallest absolute Gasteiger partial charge is 0.405 e. The molecule has 3 rings (SSSR count). The van der Waals surface area contributed by atoms with Crippen molar-refractivity contribution in [2.24, 2.45) is 0 Å². The molecule has 0 radical (unpaired) electrons. The molecule has 1 saturated heterocycles. The van der Waals surface area contributed by atoms with Crippen molar-refractivity contribution in [3.63, 3.8) is 0 Å². The number of ether oxygens (including phenoxy) is 1. The molecule has 2 N–H and O–H groups in total. The highest BCUT2D eigenvalue weighted by Gasteiger charge is 2.36. The van der Waals surface area contributed by atoms with E-state index in [0.717, 1.165) is 25.1 Å². The molecule has 2 atom stereocenters. The molecule has 1 aromatic rings. The molecule has 0 aliphatic carbocycles. The van der Waals surface area contributed by atoms with Gasteiger partial charge in [-0.1, -0.05) is 0 Å². The van der Waals surface area contributed by atoms with Gasteiger partial charge in [-0.3, -0.25) is 9.59 Å². The molecule has 0 spiro atoms. The zero-order valence-electron chi connectivity index (χ0n) is 14.4. The largest absolute Gasteiger partial charge is 0.449 e. The number of anilines is 2. The number of carbonyl (C=O) groups is 3. The lowest BCUT2D eigenvalue weighted by molar-refractivity contribution is -0.143. The summed E-state index contributed by atoms with van der Waals surface area (Å²) in [5.74, 6) is -2.07. The quantitative estimate of drug-likeness (QED) is 0.773. The zero-order chi connectivity index (χ0) is 19.8. The molecule has 146 valence electrons. The maximum Gasteiger partial charge on any atom is 0.405 e. The summed E-state index contributed by atoms with van der Waals surface area (Å²) in [5.41, 5.74) is 1.34. The maximum atomic E-state index is 12.2. The standard InChI is InChI=1S/C17H18F3N3O4/c1-9(14(24)21-8-17(18,19)20)27-16(26)10-4-5-12-11(7-10)22-15(25)13-3-2-6-23(12)13/h4-5,7,9,13H,2-3,6,8H2,1H3,(H,21,24)(H,22,25). The number of hydrogen-bond donors (Lipinski definition) is 2. The van der Waals surface area contributed by atoms with Gasteiger partial charge in [0.15, 0.2) is 6.10 Å². The van der Waals surface area contributed by atoms with Crippen molar-refractivity contribution in [3.8, 4) is 0 Å². The first-order valence-corrected chi connectivity index (χ1v) is 8.43. The van der Waals surface area contributed by atoms with Crippen LogP contribution in [0.5, 0.6) is 0 Å². The Bertz CT molecular complexity index is 781. The van der Waals surface area contributed by atoms with E-state index in [4.69, 9.17) is 4.74 Å². The Morgan fingerprint density at radius 1 is 1.41 bits per heavy atom. The number of alkyl halides is 3. The number of halogens is 3. The Labute approximate surface area is 152 Å². The number of hydrogen-bond acceptors (Lipinski definition) is 5. The first-order valence-electron chi connectivity index (χ1n) is 8.43. The van der Waals surface area contributed by atoms with Gasteiger partial charge in [-0.05, 0) is 38.0 Å². The minimum Gasteiger partial charge on any atom is -0.449 e. The number of carbonyl (C=O) groups excluding carboxylic acids is 3. The van der Waals surface area contributed by atoms with E-state index in [1.54, 1.807) is 11.4 Å². The summed E-state index contributed by atoms with van der Waals surface area (Å²) in [7, 11) is 0. The predicted molar refractivity (Wildman–Crippen MR) is 89.4 cm³/mol. The Kier molecular flexibility index (Phi) is 4.99. The van der Waals surface area contributed by atoms with Crippen LogP contribution < -0.4 is 15.5 Å². The van der Waals surface area contributed by atoms with E-state index in [-0.39, 0.29) is 17.5 Å². The highest BCUT2D eigenvalue weighted by molar-refractivity contribution is 6.05. The lowest BCUT2D eigenvalue weighted by Crippen LogP contribution is -2.44. The van der Waals surface area contributed by atoms with Crippen molar-refractivity contribution < 1.29 is 32.3 Å². The summed E-state index contributed by atoms with van der Waals surface area (Å²) in [6.45, 7) is 0.416. The number of esters is 1. The van der Waals surface area contributed by atoms with Crippen molar-refractivity contribution >= 4 is 29.2 Å². The van der Waals surface area contributed by atoms with Gasteiger partial charge in [-0.25, -0.2) is 4.79 Å². The second-order valence-corrected chi connectivity index (χ2v) is 6.45. The topological polar surface area (TPSA) is 87.7 Å². The zero-order valence-corrected chi connectivity index (χ0v) is 14.4. The number of nitrogens with zero attached hydrogens (tertiary/aromatic N) is 1. The minimum atomic E-state index is -4.55. The van der Waals surface area contributed by atoms with Crippen LogP contribution in [-0.4, -0.2) is 49.2 Å². The molecule has 0 aromatic heterocycles. The Morgan fingerprint density at radius 2 is 2.15 bits per heavy atom. The third kappa shape index (κ3) is 4.15. The molecular formula is C17H18F3N3O4. The van der Waals surface area contributed by atoms with Crippen LogP contribution in [0.2, 0.25) is 0 Å². The lowest BCUT2D eigenvalue weighted by Gasteiger charge is -2.33. The molecular weight excluding hydrogens is 367 g/mol. The number of fused-ring (bicyclic) bond motifs is 3. The summed E-state index contributed by atoms with van der Waals surface area (Å²) < 4.78 is 41.3. The second-order valence-electron chi connectivity index (χ2n) is 6.45. The van der Waals surface area contributed by atoms with Gasteiger partial charge in [-0.2, -0.15) is 13.2 Å². The fourth-order valence-electron chi connectivity index (χ4n) is 3.17. The molecule has 0 saturated carbocycles. The molecule has 2 amide bonds. The number of benzene rings is 1. The Hall–Kier alpha value is -2.78. The van der Waals surface area contributed by atoms with E-state index in [1.165, 1.54) is 19.1 Å². The molecule has 1 aromatic carbocycles. The van der Waals surface area contributed by atoms with Crippen molar-refractivity contribution in [2.75, 3.05) is 23.3 Å². The van der Waals surface area contributed by atoms with Crippen LogP contribution in [-0.2, 0) is 14.3 Å². The number of rotatable bonds is 4. The fourth-order valence-corrected chi connectivity index (χ4v) is 3.17. The minimum absolute atomic E-state index is 0.0853. The van der Waals surface area contributed by atoms with Crippen LogP contribution in [0.4, 0.5) is 24.5 Å². The van der Waals surface area contributed by atoms with E-state index in [1.807, 2.05) is 4.90 Å². The van der Waals surface area contributed by atoms with Crippen LogP contribution in [0.25, 0.3) is 0 Å². The van der Waals surface area contributed by atoms with Gasteiger partial charge in [0.2, 0.25) is 5.91 Å². The lowest BCUT2D eigenvalue weighted by atomic mass is 10.1.